The summed E-state index contributed by atoms with van der Waals surface area (Å²) in [6, 6.07) is 5.64. The third-order valence-electron chi connectivity index (χ3n) is 3.64. The number of aryl methyl sites for hydroxylation is 1. The maximum Gasteiger partial charge on any atom is 0.416 e. The van der Waals surface area contributed by atoms with Crippen molar-refractivity contribution in [2.45, 2.75) is 29.3 Å². The molecule has 0 bridgehead atoms. The summed E-state index contributed by atoms with van der Waals surface area (Å²) in [5.74, 6) is 0. The summed E-state index contributed by atoms with van der Waals surface area (Å²) in [4.78, 5) is 11.5. The normalized spacial score (nSPS) is 12.8. The van der Waals surface area contributed by atoms with Crippen LogP contribution in [-0.4, -0.2) is 12.0 Å². The van der Waals surface area contributed by atoms with Gasteiger partial charge in [0.15, 0.2) is 0 Å². The van der Waals surface area contributed by atoms with Crippen molar-refractivity contribution in [3.63, 3.8) is 0 Å². The molecule has 5 nitrogen and oxygen atoms in total. The molecule has 1 atom stereocenters. The van der Waals surface area contributed by atoms with Crippen molar-refractivity contribution in [3.8, 4) is 0 Å². The zero-order valence-electron chi connectivity index (χ0n) is 14.1. The summed E-state index contributed by atoms with van der Waals surface area (Å²) in [5, 5.41) is 11.1. The number of alkyl halides is 3. The Bertz CT molecular complexity index is 908. The van der Waals surface area contributed by atoms with E-state index in [4.69, 9.17) is 16.1 Å². The number of nitrogens with zero attached hydrogens (tertiary/aromatic N) is 1. The van der Waals surface area contributed by atoms with Crippen molar-refractivity contribution in [1.29, 1.82) is 0 Å². The molecule has 11 heteroatoms. The zero-order chi connectivity index (χ0) is 20.4. The number of benzene rings is 2. The van der Waals surface area contributed by atoms with Gasteiger partial charge in [-0.05, 0) is 36.2 Å². The van der Waals surface area contributed by atoms with Gasteiger partial charge in [0, 0.05) is 23.0 Å². The fourth-order valence-electron chi connectivity index (χ4n) is 2.29. The monoisotopic (exact) mass is 439 g/mol. The predicted molar refractivity (Wildman–Crippen MR) is 98.7 cm³/mol. The average molecular weight is 440 g/mol. The lowest BCUT2D eigenvalue weighted by atomic mass is 10.1. The fourth-order valence-corrected chi connectivity index (χ4v) is 4.58. The van der Waals surface area contributed by atoms with E-state index in [0.29, 0.717) is 21.8 Å². The summed E-state index contributed by atoms with van der Waals surface area (Å²) >= 11 is 7.03. The third kappa shape index (κ3) is 5.04. The topological polar surface area (TPSA) is 69.4 Å². The number of hydrogen-bond donors (Lipinski definition) is 0. The average Bonchev–Trinajstić information content (AvgIpc) is 2.61. The smallest absolute Gasteiger partial charge is 0.330 e. The van der Waals surface area contributed by atoms with Crippen LogP contribution in [-0.2, 0) is 21.7 Å². The van der Waals surface area contributed by atoms with Gasteiger partial charge in [0.25, 0.3) is 5.69 Å². The van der Waals surface area contributed by atoms with Crippen LogP contribution >= 0.6 is 31.4 Å². The van der Waals surface area contributed by atoms with E-state index >= 15 is 0 Å². The van der Waals surface area contributed by atoms with Gasteiger partial charge >= 0.3 is 6.18 Å². The maximum atomic E-state index is 12.8. The van der Waals surface area contributed by atoms with E-state index < -0.39 is 24.7 Å². The standard InChI is InChI=1S/C16H14ClF3NO4PS/c1-3-9-6-12(21(22)23)13(26(24)25-2)8-15(9)27-14-5-4-10(7-11(14)17)16(18,19)20/h4-8,26H,3H2,1-2H3. The minimum atomic E-state index is -4.51. The number of halogens is 4. The van der Waals surface area contributed by atoms with Crippen LogP contribution in [0.25, 0.3) is 0 Å². The lowest BCUT2D eigenvalue weighted by Crippen LogP contribution is -2.08. The molecule has 0 fully saturated rings. The van der Waals surface area contributed by atoms with Crippen molar-refractivity contribution in [1.82, 2.24) is 0 Å². The predicted octanol–water partition coefficient (Wildman–Crippen LogP) is 5.73. The molecular formula is C16H14ClF3NO4PS. The molecule has 0 saturated heterocycles. The van der Waals surface area contributed by atoms with Crippen LogP contribution in [0.5, 0.6) is 0 Å². The fraction of sp³-hybridized carbons (Fsp3) is 0.250. The molecule has 2 rings (SSSR count). The molecule has 0 N–H and O–H groups in total. The zero-order valence-corrected chi connectivity index (χ0v) is 16.7. The quantitative estimate of drug-likeness (QED) is 0.327. The summed E-state index contributed by atoms with van der Waals surface area (Å²) < 4.78 is 55.1. The molecule has 0 saturated carbocycles. The van der Waals surface area contributed by atoms with Gasteiger partial charge in [-0.2, -0.15) is 13.2 Å². The van der Waals surface area contributed by atoms with E-state index in [0.717, 1.165) is 23.9 Å². The SMILES string of the molecule is CCc1cc([N+](=O)[O-])c([PH](=O)OC)cc1Sc1ccc(C(F)(F)F)cc1Cl. The van der Waals surface area contributed by atoms with Gasteiger partial charge in [-0.15, -0.1) is 0 Å². The van der Waals surface area contributed by atoms with Gasteiger partial charge in [0.1, 0.15) is 5.30 Å². The maximum absolute atomic E-state index is 12.8. The van der Waals surface area contributed by atoms with Crippen LogP contribution in [0.2, 0.25) is 5.02 Å². The second kappa shape index (κ2) is 8.65. The lowest BCUT2D eigenvalue weighted by Gasteiger charge is -2.13. The Morgan fingerprint density at radius 2 is 1.93 bits per heavy atom. The summed E-state index contributed by atoms with van der Waals surface area (Å²) in [6.45, 7) is 1.77. The second-order valence-corrected chi connectivity index (χ2v) is 8.34. The molecule has 0 radical (unpaired) electrons. The Morgan fingerprint density at radius 1 is 1.26 bits per heavy atom. The molecule has 0 heterocycles. The van der Waals surface area contributed by atoms with Gasteiger partial charge in [0.05, 0.1) is 15.5 Å². The van der Waals surface area contributed by atoms with Gasteiger partial charge in [0.2, 0.25) is 8.03 Å². The highest BCUT2D eigenvalue weighted by Gasteiger charge is 2.31. The van der Waals surface area contributed by atoms with Gasteiger partial charge in [-0.25, -0.2) is 0 Å². The number of hydrogen-bond acceptors (Lipinski definition) is 5. The Balaban J connectivity index is 2.52. The summed E-state index contributed by atoms with van der Waals surface area (Å²) in [7, 11) is -1.66. The highest BCUT2D eigenvalue weighted by atomic mass is 35.5. The van der Waals surface area contributed by atoms with Crippen LogP contribution in [0.1, 0.15) is 18.1 Å². The Hall–Kier alpha value is -1.54. The van der Waals surface area contributed by atoms with Gasteiger partial charge < -0.3 is 4.52 Å². The van der Waals surface area contributed by atoms with E-state index in [9.17, 15) is 27.9 Å². The Kier molecular flexibility index (Phi) is 6.97. The molecule has 0 aliphatic heterocycles. The lowest BCUT2D eigenvalue weighted by molar-refractivity contribution is -0.383. The highest BCUT2D eigenvalue weighted by Crippen LogP contribution is 2.40. The third-order valence-corrected chi connectivity index (χ3v) is 6.45. The Morgan fingerprint density at radius 3 is 2.41 bits per heavy atom. The molecular weight excluding hydrogens is 426 g/mol. The van der Waals surface area contributed by atoms with Crippen LogP contribution in [0.15, 0.2) is 40.1 Å². The second-order valence-electron chi connectivity index (χ2n) is 5.32. The number of rotatable bonds is 6. The Labute approximate surface area is 162 Å². The molecule has 0 aliphatic rings. The number of nitro benzene ring substituents is 1. The summed E-state index contributed by atoms with van der Waals surface area (Å²) in [5.41, 5.74) is -0.612. The van der Waals surface area contributed by atoms with E-state index in [1.54, 1.807) is 6.92 Å². The summed E-state index contributed by atoms with van der Waals surface area (Å²) in [6.07, 6.45) is -4.09. The van der Waals surface area contributed by atoms with E-state index in [1.807, 2.05) is 0 Å². The first kappa shape index (κ1) is 21.8. The first-order chi connectivity index (χ1) is 12.6. The molecule has 0 amide bonds. The molecule has 0 aromatic heterocycles. The minimum absolute atomic E-state index is 0.0600. The van der Waals surface area contributed by atoms with Crippen molar-refractivity contribution < 1.29 is 27.2 Å². The first-order valence-corrected chi connectivity index (χ1v) is 10.0. The molecule has 2 aromatic carbocycles. The first-order valence-electron chi connectivity index (χ1n) is 7.52. The van der Waals surface area contributed by atoms with Gasteiger partial charge in [-0.3, -0.25) is 14.7 Å². The van der Waals surface area contributed by atoms with Crippen LogP contribution < -0.4 is 5.30 Å². The molecule has 0 spiro atoms. The highest BCUT2D eigenvalue weighted by molar-refractivity contribution is 7.99. The van der Waals surface area contributed by atoms with Crippen LogP contribution in [0, 0.1) is 10.1 Å². The molecule has 0 aliphatic carbocycles. The molecule has 27 heavy (non-hydrogen) atoms. The van der Waals surface area contributed by atoms with Crippen molar-refractivity contribution >= 4 is 42.4 Å². The van der Waals surface area contributed by atoms with Gasteiger partial charge in [-0.1, -0.05) is 30.3 Å². The minimum Gasteiger partial charge on any atom is -0.330 e. The largest absolute Gasteiger partial charge is 0.416 e. The van der Waals surface area contributed by atoms with E-state index in [-0.39, 0.29) is 16.0 Å². The van der Waals surface area contributed by atoms with Crippen molar-refractivity contribution in [3.05, 3.63) is 56.6 Å². The van der Waals surface area contributed by atoms with Crippen molar-refractivity contribution in [2.24, 2.45) is 0 Å². The van der Waals surface area contributed by atoms with Crippen LogP contribution in [0.4, 0.5) is 18.9 Å². The molecule has 2 aromatic rings. The van der Waals surface area contributed by atoms with Crippen LogP contribution in [0.3, 0.4) is 0 Å². The van der Waals surface area contributed by atoms with E-state index in [2.05, 4.69) is 0 Å². The van der Waals surface area contributed by atoms with E-state index in [1.165, 1.54) is 25.3 Å². The molecule has 146 valence electrons. The van der Waals surface area contributed by atoms with Crippen molar-refractivity contribution in [2.75, 3.05) is 7.11 Å². The molecule has 1 unspecified atom stereocenters. The number of nitro groups is 1.